The van der Waals surface area contributed by atoms with E-state index in [1.165, 1.54) is 0 Å². The molecule has 1 heterocycles. The number of ether oxygens (including phenoxy) is 1. The zero-order valence-electron chi connectivity index (χ0n) is 8.52. The number of aliphatic carboxylic acids is 1. The third kappa shape index (κ3) is 4.15. The average molecular weight is 237 g/mol. The summed E-state index contributed by atoms with van der Waals surface area (Å²) in [6.07, 6.45) is -0.372. The number of sulfonamides is 1. The SMILES string of the molecule is CC1(CNS(=O)(=O)CCC(=O)O)COC1. The van der Waals surface area contributed by atoms with Crippen LogP contribution in [0.5, 0.6) is 0 Å². The van der Waals surface area contributed by atoms with Gasteiger partial charge < -0.3 is 9.84 Å². The monoisotopic (exact) mass is 237 g/mol. The van der Waals surface area contributed by atoms with Crippen molar-refractivity contribution in [2.45, 2.75) is 13.3 Å². The van der Waals surface area contributed by atoms with Gasteiger partial charge in [-0.15, -0.1) is 0 Å². The minimum atomic E-state index is -3.47. The molecule has 15 heavy (non-hydrogen) atoms. The highest BCUT2D eigenvalue weighted by atomic mass is 32.2. The average Bonchev–Trinajstić information content (AvgIpc) is 2.09. The van der Waals surface area contributed by atoms with Crippen molar-refractivity contribution in [3.63, 3.8) is 0 Å². The van der Waals surface area contributed by atoms with Crippen LogP contribution in [-0.4, -0.2) is 45.0 Å². The summed E-state index contributed by atoms with van der Waals surface area (Å²) in [5.41, 5.74) is -0.143. The molecule has 0 radical (unpaired) electrons. The van der Waals surface area contributed by atoms with Crippen LogP contribution in [0.3, 0.4) is 0 Å². The van der Waals surface area contributed by atoms with Crippen LogP contribution in [0.15, 0.2) is 0 Å². The van der Waals surface area contributed by atoms with Crippen LogP contribution in [0.2, 0.25) is 0 Å². The summed E-state index contributed by atoms with van der Waals surface area (Å²) < 4.78 is 30.0. The molecule has 88 valence electrons. The van der Waals surface area contributed by atoms with Gasteiger partial charge in [-0.05, 0) is 0 Å². The van der Waals surface area contributed by atoms with Gasteiger partial charge in [0.25, 0.3) is 0 Å². The second-order valence-electron chi connectivity index (χ2n) is 4.09. The van der Waals surface area contributed by atoms with E-state index in [0.717, 1.165) is 0 Å². The van der Waals surface area contributed by atoms with Crippen molar-refractivity contribution in [1.82, 2.24) is 4.72 Å². The predicted molar refractivity (Wildman–Crippen MR) is 53.0 cm³/mol. The van der Waals surface area contributed by atoms with E-state index < -0.39 is 16.0 Å². The summed E-state index contributed by atoms with van der Waals surface area (Å²) in [5.74, 6) is -1.49. The highest BCUT2D eigenvalue weighted by molar-refractivity contribution is 7.89. The Balaban J connectivity index is 2.33. The molecule has 1 saturated heterocycles. The van der Waals surface area contributed by atoms with E-state index in [2.05, 4.69) is 4.72 Å². The quantitative estimate of drug-likeness (QED) is 0.644. The first-order valence-corrected chi connectivity index (χ1v) is 6.25. The van der Waals surface area contributed by atoms with E-state index in [1.807, 2.05) is 6.92 Å². The second kappa shape index (κ2) is 4.46. The van der Waals surface area contributed by atoms with Gasteiger partial charge in [0.05, 0.1) is 25.4 Å². The van der Waals surface area contributed by atoms with Gasteiger partial charge >= 0.3 is 5.97 Å². The van der Waals surface area contributed by atoms with Crippen LogP contribution in [0.4, 0.5) is 0 Å². The van der Waals surface area contributed by atoms with Gasteiger partial charge in [-0.25, -0.2) is 13.1 Å². The lowest BCUT2D eigenvalue weighted by Gasteiger charge is -2.37. The zero-order chi connectivity index (χ0) is 11.5. The van der Waals surface area contributed by atoms with Crippen LogP contribution >= 0.6 is 0 Å². The van der Waals surface area contributed by atoms with E-state index in [0.29, 0.717) is 19.8 Å². The van der Waals surface area contributed by atoms with Crippen molar-refractivity contribution < 1.29 is 23.1 Å². The van der Waals surface area contributed by atoms with Gasteiger partial charge in [-0.1, -0.05) is 6.92 Å². The maximum absolute atomic E-state index is 11.3. The maximum Gasteiger partial charge on any atom is 0.304 e. The molecule has 0 bridgehead atoms. The molecule has 2 N–H and O–H groups in total. The molecule has 1 rings (SSSR count). The summed E-state index contributed by atoms with van der Waals surface area (Å²) in [7, 11) is -3.47. The van der Waals surface area contributed by atoms with E-state index in [4.69, 9.17) is 9.84 Å². The third-order valence-electron chi connectivity index (χ3n) is 2.20. The van der Waals surface area contributed by atoms with Gasteiger partial charge in [-0.2, -0.15) is 0 Å². The molecular weight excluding hydrogens is 222 g/mol. The molecular formula is C8H15NO5S. The molecule has 0 aromatic carbocycles. The summed E-state index contributed by atoms with van der Waals surface area (Å²) in [4.78, 5) is 10.2. The molecule has 0 aromatic heterocycles. The highest BCUT2D eigenvalue weighted by Crippen LogP contribution is 2.25. The van der Waals surface area contributed by atoms with Gasteiger partial charge in [0, 0.05) is 12.0 Å². The molecule has 7 heteroatoms. The molecule has 1 aliphatic rings. The first kappa shape index (κ1) is 12.4. The molecule has 0 atom stereocenters. The Morgan fingerprint density at radius 2 is 2.13 bits per heavy atom. The number of carboxylic acid groups (broad SMARTS) is 1. The Kier molecular flexibility index (Phi) is 3.69. The van der Waals surface area contributed by atoms with Crippen molar-refractivity contribution in [3.05, 3.63) is 0 Å². The maximum atomic E-state index is 11.3. The van der Waals surface area contributed by atoms with E-state index in [-0.39, 0.29) is 17.6 Å². The van der Waals surface area contributed by atoms with Gasteiger partial charge in [0.1, 0.15) is 0 Å². The van der Waals surface area contributed by atoms with Crippen molar-refractivity contribution in [2.75, 3.05) is 25.5 Å². The number of hydrogen-bond donors (Lipinski definition) is 2. The Morgan fingerprint density at radius 1 is 1.53 bits per heavy atom. The highest BCUT2D eigenvalue weighted by Gasteiger charge is 2.34. The lowest BCUT2D eigenvalue weighted by molar-refractivity contribution is -0.136. The second-order valence-corrected chi connectivity index (χ2v) is 6.01. The van der Waals surface area contributed by atoms with Crippen LogP contribution < -0.4 is 4.72 Å². The standard InChI is InChI=1S/C8H15NO5S/c1-8(5-14-6-8)4-9-15(12,13)3-2-7(10)11/h9H,2-6H2,1H3,(H,10,11). The van der Waals surface area contributed by atoms with E-state index in [9.17, 15) is 13.2 Å². The third-order valence-corrected chi connectivity index (χ3v) is 3.53. The minimum absolute atomic E-state index is 0.143. The lowest BCUT2D eigenvalue weighted by Crippen LogP contribution is -2.48. The molecule has 1 aliphatic heterocycles. The van der Waals surface area contributed by atoms with Crippen molar-refractivity contribution in [1.29, 1.82) is 0 Å². The Bertz CT molecular complexity index is 333. The molecule has 6 nitrogen and oxygen atoms in total. The smallest absolute Gasteiger partial charge is 0.304 e. The summed E-state index contributed by atoms with van der Waals surface area (Å²) in [6.45, 7) is 3.29. The normalized spacial score (nSPS) is 19.5. The summed E-state index contributed by atoms with van der Waals surface area (Å²) in [6, 6.07) is 0. The number of hydrogen-bond acceptors (Lipinski definition) is 4. The Morgan fingerprint density at radius 3 is 2.53 bits per heavy atom. The van der Waals surface area contributed by atoms with Crippen LogP contribution in [0.1, 0.15) is 13.3 Å². The number of carboxylic acids is 1. The first-order valence-electron chi connectivity index (χ1n) is 4.60. The van der Waals surface area contributed by atoms with E-state index in [1.54, 1.807) is 0 Å². The van der Waals surface area contributed by atoms with Crippen LogP contribution in [-0.2, 0) is 19.6 Å². The first-order chi connectivity index (χ1) is 6.83. The molecule has 0 unspecified atom stereocenters. The number of nitrogens with one attached hydrogen (secondary N) is 1. The summed E-state index contributed by atoms with van der Waals surface area (Å²) >= 11 is 0. The fourth-order valence-electron chi connectivity index (χ4n) is 1.13. The molecule has 0 amide bonds. The molecule has 0 aliphatic carbocycles. The minimum Gasteiger partial charge on any atom is -0.481 e. The topological polar surface area (TPSA) is 92.7 Å². The number of carbonyl (C=O) groups is 1. The molecule has 0 saturated carbocycles. The van der Waals surface area contributed by atoms with Crippen LogP contribution in [0.25, 0.3) is 0 Å². The summed E-state index contributed by atoms with van der Waals surface area (Å²) in [5, 5.41) is 8.35. The van der Waals surface area contributed by atoms with Gasteiger partial charge in [0.2, 0.25) is 10.0 Å². The van der Waals surface area contributed by atoms with Crippen molar-refractivity contribution >= 4 is 16.0 Å². The van der Waals surface area contributed by atoms with Crippen molar-refractivity contribution in [2.24, 2.45) is 5.41 Å². The molecule has 0 spiro atoms. The Hall–Kier alpha value is -0.660. The molecule has 0 aromatic rings. The largest absolute Gasteiger partial charge is 0.481 e. The van der Waals surface area contributed by atoms with Gasteiger partial charge in [-0.3, -0.25) is 4.79 Å². The zero-order valence-corrected chi connectivity index (χ0v) is 9.34. The van der Waals surface area contributed by atoms with Gasteiger partial charge in [0.15, 0.2) is 0 Å². The fraction of sp³-hybridized carbons (Fsp3) is 0.875. The lowest BCUT2D eigenvalue weighted by atomic mass is 9.89. The molecule has 1 fully saturated rings. The Labute approximate surface area is 88.7 Å². The number of rotatable bonds is 6. The fourth-order valence-corrected chi connectivity index (χ4v) is 2.29. The van der Waals surface area contributed by atoms with Crippen molar-refractivity contribution in [3.8, 4) is 0 Å². The predicted octanol–water partition coefficient (Wildman–Crippen LogP) is -0.583. The van der Waals surface area contributed by atoms with E-state index >= 15 is 0 Å². The van der Waals surface area contributed by atoms with Crippen LogP contribution in [0, 0.1) is 5.41 Å².